The van der Waals surface area contributed by atoms with Crippen molar-refractivity contribution in [3.05, 3.63) is 54.1 Å². The smallest absolute Gasteiger partial charge is 0.326 e. The summed E-state index contributed by atoms with van der Waals surface area (Å²) in [6.45, 7) is 4.58. The van der Waals surface area contributed by atoms with Crippen molar-refractivity contribution >= 4 is 33.3 Å². The molecule has 8 heteroatoms. The molecule has 1 N–H and O–H groups in total. The highest BCUT2D eigenvalue weighted by Crippen LogP contribution is 2.25. The quantitative estimate of drug-likeness (QED) is 0.734. The molecule has 0 bridgehead atoms. The van der Waals surface area contributed by atoms with Gasteiger partial charge in [0.1, 0.15) is 6.54 Å². The van der Waals surface area contributed by atoms with Crippen LogP contribution in [0.1, 0.15) is 19.4 Å². The first-order valence-corrected chi connectivity index (χ1v) is 9.80. The van der Waals surface area contributed by atoms with Crippen molar-refractivity contribution in [2.45, 2.75) is 25.7 Å². The van der Waals surface area contributed by atoms with Crippen LogP contribution in [0.15, 0.2) is 53.4 Å². The number of anilines is 2. The van der Waals surface area contributed by atoms with Crippen LogP contribution in [-0.2, 0) is 24.3 Å². The number of sulfonamides is 1. The Morgan fingerprint density at radius 1 is 1.11 bits per heavy atom. The lowest BCUT2D eigenvalue weighted by molar-refractivity contribution is -0.141. The third-order valence-electron chi connectivity index (χ3n) is 3.63. The predicted octanol–water partition coefficient (Wildman–Crippen LogP) is 2.71. The van der Waals surface area contributed by atoms with Crippen molar-refractivity contribution in [2.24, 2.45) is 0 Å². The minimum absolute atomic E-state index is 0.00223. The van der Waals surface area contributed by atoms with Gasteiger partial charge in [-0.25, -0.2) is 8.42 Å². The highest BCUT2D eigenvalue weighted by Gasteiger charge is 2.27. The molecule has 2 aromatic rings. The molecule has 0 heterocycles. The maximum absolute atomic E-state index is 13.1. The van der Waals surface area contributed by atoms with Crippen LogP contribution >= 0.6 is 0 Å². The highest BCUT2D eigenvalue weighted by molar-refractivity contribution is 7.92. The third kappa shape index (κ3) is 5.30. The Labute approximate surface area is 159 Å². The van der Waals surface area contributed by atoms with Crippen LogP contribution in [0.2, 0.25) is 0 Å². The topological polar surface area (TPSA) is 92.8 Å². The van der Waals surface area contributed by atoms with Crippen molar-refractivity contribution in [1.82, 2.24) is 0 Å². The fourth-order valence-electron chi connectivity index (χ4n) is 2.46. The molecule has 2 aromatic carbocycles. The third-order valence-corrected chi connectivity index (χ3v) is 5.42. The first-order chi connectivity index (χ1) is 12.7. The van der Waals surface area contributed by atoms with Gasteiger partial charge in [-0.2, -0.15) is 0 Å². The van der Waals surface area contributed by atoms with E-state index in [2.05, 4.69) is 5.32 Å². The molecule has 0 aliphatic carbocycles. The molecule has 0 unspecified atom stereocenters. The van der Waals surface area contributed by atoms with Gasteiger partial charge in [-0.3, -0.25) is 13.9 Å². The molecule has 0 saturated heterocycles. The van der Waals surface area contributed by atoms with Crippen molar-refractivity contribution in [3.8, 4) is 0 Å². The summed E-state index contributed by atoms with van der Waals surface area (Å²) in [4.78, 5) is 23.1. The summed E-state index contributed by atoms with van der Waals surface area (Å²) < 4.78 is 32.2. The number of amides is 1. The average Bonchev–Trinajstić information content (AvgIpc) is 2.60. The fourth-order valence-corrected chi connectivity index (χ4v) is 3.86. The number of carbonyl (C=O) groups excluding carboxylic acids is 2. The summed E-state index contributed by atoms with van der Waals surface area (Å²) in [7, 11) is -4.01. The Kier molecular flexibility index (Phi) is 6.57. The second-order valence-electron chi connectivity index (χ2n) is 5.86. The number of nitrogens with one attached hydrogen (secondary N) is 1. The summed E-state index contributed by atoms with van der Waals surface area (Å²) in [6.07, 6.45) is 0. The van der Waals surface area contributed by atoms with E-state index in [9.17, 15) is 18.0 Å². The molecule has 1 amide bonds. The van der Waals surface area contributed by atoms with Crippen LogP contribution in [-0.4, -0.2) is 33.4 Å². The average molecular weight is 390 g/mol. The maximum Gasteiger partial charge on any atom is 0.326 e. The molecule has 0 aliphatic heterocycles. The molecule has 0 spiro atoms. The van der Waals surface area contributed by atoms with Crippen molar-refractivity contribution in [2.75, 3.05) is 22.8 Å². The lowest BCUT2D eigenvalue weighted by Crippen LogP contribution is -2.36. The first kappa shape index (κ1) is 20.4. The molecule has 0 radical (unpaired) electrons. The standard InChI is InChI=1S/C19H22N2O5S/c1-4-26-19(23)13-21(17-7-5-6-14(2)12-17)27(24,25)18-10-8-16(9-11-18)20-15(3)22/h5-12H,4,13H2,1-3H3,(H,20,22). The van der Waals surface area contributed by atoms with Crippen LogP contribution < -0.4 is 9.62 Å². The van der Waals surface area contributed by atoms with Gasteiger partial charge in [0.25, 0.3) is 10.0 Å². The Balaban J connectivity index is 2.43. The molecule has 0 saturated carbocycles. The Bertz CT molecular complexity index is 923. The zero-order chi connectivity index (χ0) is 20.0. The summed E-state index contributed by atoms with van der Waals surface area (Å²) in [5.41, 5.74) is 1.71. The lowest BCUT2D eigenvalue weighted by Gasteiger charge is -2.24. The molecule has 27 heavy (non-hydrogen) atoms. The molecule has 0 atom stereocenters. The predicted molar refractivity (Wildman–Crippen MR) is 103 cm³/mol. The first-order valence-electron chi connectivity index (χ1n) is 8.36. The Hall–Kier alpha value is -2.87. The maximum atomic E-state index is 13.1. The summed E-state index contributed by atoms with van der Waals surface area (Å²) in [5, 5.41) is 2.58. The van der Waals surface area contributed by atoms with Crippen molar-refractivity contribution in [1.29, 1.82) is 0 Å². The van der Waals surface area contributed by atoms with Gasteiger partial charge in [-0.05, 0) is 55.8 Å². The molecule has 2 rings (SSSR count). The number of hydrogen-bond donors (Lipinski definition) is 1. The SMILES string of the molecule is CCOC(=O)CN(c1cccc(C)c1)S(=O)(=O)c1ccc(NC(C)=O)cc1. The summed E-state index contributed by atoms with van der Waals surface area (Å²) in [5.74, 6) is -0.897. The van der Waals surface area contributed by atoms with Gasteiger partial charge in [0, 0.05) is 12.6 Å². The highest BCUT2D eigenvalue weighted by atomic mass is 32.2. The monoisotopic (exact) mass is 390 g/mol. The van der Waals surface area contributed by atoms with E-state index in [1.807, 2.05) is 13.0 Å². The van der Waals surface area contributed by atoms with E-state index >= 15 is 0 Å². The molecule has 0 aliphatic rings. The minimum Gasteiger partial charge on any atom is -0.465 e. The van der Waals surface area contributed by atoms with E-state index in [0.717, 1.165) is 9.87 Å². The zero-order valence-electron chi connectivity index (χ0n) is 15.4. The number of carbonyl (C=O) groups is 2. The van der Waals surface area contributed by atoms with Crippen LogP contribution in [0, 0.1) is 6.92 Å². The molecule has 144 valence electrons. The van der Waals surface area contributed by atoms with Crippen molar-refractivity contribution in [3.63, 3.8) is 0 Å². The van der Waals surface area contributed by atoms with E-state index < -0.39 is 22.5 Å². The van der Waals surface area contributed by atoms with Gasteiger partial charge in [-0.15, -0.1) is 0 Å². The van der Waals surface area contributed by atoms with Crippen LogP contribution in [0.3, 0.4) is 0 Å². The van der Waals surface area contributed by atoms with Gasteiger partial charge < -0.3 is 10.1 Å². The fraction of sp³-hybridized carbons (Fsp3) is 0.263. The van der Waals surface area contributed by atoms with Gasteiger partial charge in [0.2, 0.25) is 5.91 Å². The van der Waals surface area contributed by atoms with Gasteiger partial charge in [0.15, 0.2) is 0 Å². The lowest BCUT2D eigenvalue weighted by atomic mass is 10.2. The number of rotatable bonds is 7. The van der Waals surface area contributed by atoms with Crippen LogP contribution in [0.5, 0.6) is 0 Å². The number of benzene rings is 2. The zero-order valence-corrected chi connectivity index (χ0v) is 16.2. The largest absolute Gasteiger partial charge is 0.465 e. The van der Waals surface area contributed by atoms with Crippen LogP contribution in [0.25, 0.3) is 0 Å². The number of esters is 1. The van der Waals surface area contributed by atoms with E-state index in [1.165, 1.54) is 31.2 Å². The molecule has 0 aromatic heterocycles. The number of aryl methyl sites for hydroxylation is 1. The molecular weight excluding hydrogens is 368 g/mol. The number of ether oxygens (including phenoxy) is 1. The van der Waals surface area contributed by atoms with E-state index in [0.29, 0.717) is 11.4 Å². The second-order valence-corrected chi connectivity index (χ2v) is 7.72. The Morgan fingerprint density at radius 2 is 1.78 bits per heavy atom. The number of nitrogens with zero attached hydrogens (tertiary/aromatic N) is 1. The number of hydrogen-bond acceptors (Lipinski definition) is 5. The second kappa shape index (κ2) is 8.68. The van der Waals surface area contributed by atoms with Crippen molar-refractivity contribution < 1.29 is 22.7 Å². The van der Waals surface area contributed by atoms with E-state index in [1.54, 1.807) is 25.1 Å². The van der Waals surface area contributed by atoms with Gasteiger partial charge in [0.05, 0.1) is 17.2 Å². The van der Waals surface area contributed by atoms with Gasteiger partial charge >= 0.3 is 5.97 Å². The summed E-state index contributed by atoms with van der Waals surface area (Å²) >= 11 is 0. The van der Waals surface area contributed by atoms with E-state index in [-0.39, 0.29) is 17.4 Å². The van der Waals surface area contributed by atoms with Crippen LogP contribution in [0.4, 0.5) is 11.4 Å². The molecule has 7 nitrogen and oxygen atoms in total. The Morgan fingerprint density at radius 3 is 2.33 bits per heavy atom. The normalized spacial score (nSPS) is 10.9. The summed E-state index contributed by atoms with van der Waals surface area (Å²) in [6, 6.07) is 12.6. The minimum atomic E-state index is -4.01. The van der Waals surface area contributed by atoms with E-state index in [4.69, 9.17) is 4.74 Å². The molecular formula is C19H22N2O5S. The van der Waals surface area contributed by atoms with Gasteiger partial charge in [-0.1, -0.05) is 12.1 Å². The molecule has 0 fully saturated rings.